The minimum absolute atomic E-state index is 0.0461. The van der Waals surface area contributed by atoms with Crippen LogP contribution in [0.15, 0.2) is 0 Å². The average Bonchev–Trinajstić information content (AvgIpc) is 2.48. The quantitative estimate of drug-likeness (QED) is 0.821. The van der Waals surface area contributed by atoms with Gasteiger partial charge in [0.1, 0.15) is 0 Å². The lowest BCUT2D eigenvalue weighted by atomic mass is 9.84. The molecule has 0 aromatic carbocycles. The van der Waals surface area contributed by atoms with Crippen LogP contribution in [0.25, 0.3) is 0 Å². The zero-order chi connectivity index (χ0) is 13.7. The van der Waals surface area contributed by atoms with Gasteiger partial charge in [-0.1, -0.05) is 32.6 Å². The number of hydrogen-bond acceptors (Lipinski definition) is 2. The Morgan fingerprint density at radius 1 is 1.26 bits per heavy atom. The molecule has 110 valence electrons. The van der Waals surface area contributed by atoms with Crippen molar-refractivity contribution in [2.75, 3.05) is 6.54 Å². The molecular weight excluding hydrogens is 236 g/mol. The fourth-order valence-corrected chi connectivity index (χ4v) is 3.64. The molecule has 3 nitrogen and oxygen atoms in total. The SMILES string of the molecule is CCC1CCNC(C(=O)NC(C)C2CCCCC2)C1. The molecule has 2 rings (SSSR count). The third kappa shape index (κ3) is 4.20. The number of piperidine rings is 1. The second-order valence-electron chi connectivity index (χ2n) is 6.50. The van der Waals surface area contributed by atoms with E-state index < -0.39 is 0 Å². The van der Waals surface area contributed by atoms with E-state index in [4.69, 9.17) is 0 Å². The van der Waals surface area contributed by atoms with Crippen molar-refractivity contribution in [3.63, 3.8) is 0 Å². The monoisotopic (exact) mass is 266 g/mol. The number of hydrogen-bond donors (Lipinski definition) is 2. The summed E-state index contributed by atoms with van der Waals surface area (Å²) in [6.07, 6.45) is 10.1. The van der Waals surface area contributed by atoms with E-state index in [9.17, 15) is 4.79 Å². The fourth-order valence-electron chi connectivity index (χ4n) is 3.64. The van der Waals surface area contributed by atoms with E-state index in [1.54, 1.807) is 0 Å². The molecule has 0 aromatic rings. The van der Waals surface area contributed by atoms with Gasteiger partial charge < -0.3 is 10.6 Å². The van der Waals surface area contributed by atoms with E-state index in [1.807, 2.05) is 0 Å². The van der Waals surface area contributed by atoms with E-state index in [1.165, 1.54) is 44.9 Å². The number of nitrogens with one attached hydrogen (secondary N) is 2. The zero-order valence-corrected chi connectivity index (χ0v) is 12.6. The van der Waals surface area contributed by atoms with Crippen molar-refractivity contribution in [3.05, 3.63) is 0 Å². The molecule has 1 saturated carbocycles. The predicted octanol–water partition coefficient (Wildman–Crippen LogP) is 2.85. The van der Waals surface area contributed by atoms with Crippen LogP contribution in [0.2, 0.25) is 0 Å². The highest BCUT2D eigenvalue weighted by molar-refractivity contribution is 5.82. The van der Waals surface area contributed by atoms with Crippen LogP contribution >= 0.6 is 0 Å². The van der Waals surface area contributed by atoms with Gasteiger partial charge in [-0.2, -0.15) is 0 Å². The summed E-state index contributed by atoms with van der Waals surface area (Å²) in [7, 11) is 0. The van der Waals surface area contributed by atoms with Gasteiger partial charge in [0, 0.05) is 6.04 Å². The summed E-state index contributed by atoms with van der Waals surface area (Å²) in [5.41, 5.74) is 0. The number of amides is 1. The Balaban J connectivity index is 1.79. The van der Waals surface area contributed by atoms with Crippen molar-refractivity contribution in [1.82, 2.24) is 10.6 Å². The third-order valence-corrected chi connectivity index (χ3v) is 5.13. The Hall–Kier alpha value is -0.570. The van der Waals surface area contributed by atoms with Crippen LogP contribution in [0, 0.1) is 11.8 Å². The van der Waals surface area contributed by atoms with Crippen molar-refractivity contribution in [1.29, 1.82) is 0 Å². The van der Waals surface area contributed by atoms with Gasteiger partial charge in [-0.05, 0) is 51.0 Å². The molecule has 1 amide bonds. The first-order valence-corrected chi connectivity index (χ1v) is 8.24. The fraction of sp³-hybridized carbons (Fsp3) is 0.938. The largest absolute Gasteiger partial charge is 0.352 e. The second-order valence-corrected chi connectivity index (χ2v) is 6.50. The normalized spacial score (nSPS) is 30.8. The Bertz CT molecular complexity index is 286. The minimum atomic E-state index is 0.0461. The smallest absolute Gasteiger partial charge is 0.237 e. The summed E-state index contributed by atoms with van der Waals surface area (Å²) in [6, 6.07) is 0.390. The summed E-state index contributed by atoms with van der Waals surface area (Å²) < 4.78 is 0. The topological polar surface area (TPSA) is 41.1 Å². The van der Waals surface area contributed by atoms with E-state index in [0.717, 1.165) is 18.9 Å². The van der Waals surface area contributed by atoms with Crippen molar-refractivity contribution >= 4 is 5.91 Å². The maximum atomic E-state index is 12.3. The molecule has 2 N–H and O–H groups in total. The third-order valence-electron chi connectivity index (χ3n) is 5.13. The molecule has 0 spiro atoms. The Morgan fingerprint density at radius 3 is 2.68 bits per heavy atom. The summed E-state index contributed by atoms with van der Waals surface area (Å²) in [4.78, 5) is 12.3. The van der Waals surface area contributed by atoms with Crippen LogP contribution in [0.1, 0.15) is 65.2 Å². The van der Waals surface area contributed by atoms with E-state index in [2.05, 4.69) is 24.5 Å². The van der Waals surface area contributed by atoms with Gasteiger partial charge in [0.15, 0.2) is 0 Å². The van der Waals surface area contributed by atoms with Gasteiger partial charge in [-0.25, -0.2) is 0 Å². The van der Waals surface area contributed by atoms with Gasteiger partial charge in [0.25, 0.3) is 0 Å². The van der Waals surface area contributed by atoms with Crippen molar-refractivity contribution < 1.29 is 4.79 Å². The molecule has 0 aromatic heterocycles. The van der Waals surface area contributed by atoms with Crippen LogP contribution in [-0.4, -0.2) is 24.5 Å². The van der Waals surface area contributed by atoms with Crippen molar-refractivity contribution in [2.24, 2.45) is 11.8 Å². The van der Waals surface area contributed by atoms with E-state index in [0.29, 0.717) is 12.0 Å². The lowest BCUT2D eigenvalue weighted by molar-refractivity contribution is -0.125. The van der Waals surface area contributed by atoms with Crippen LogP contribution in [-0.2, 0) is 4.79 Å². The molecular formula is C16H30N2O. The standard InChI is InChI=1S/C16H30N2O/c1-3-13-9-10-17-15(11-13)16(19)18-12(2)14-7-5-4-6-8-14/h12-15,17H,3-11H2,1-2H3,(H,18,19). The van der Waals surface area contributed by atoms with E-state index >= 15 is 0 Å². The van der Waals surface area contributed by atoms with Crippen LogP contribution in [0.5, 0.6) is 0 Å². The Labute approximate surface area is 117 Å². The van der Waals surface area contributed by atoms with E-state index in [-0.39, 0.29) is 11.9 Å². The van der Waals surface area contributed by atoms with Gasteiger partial charge in [0.05, 0.1) is 6.04 Å². The lowest BCUT2D eigenvalue weighted by Crippen LogP contribution is -2.52. The van der Waals surface area contributed by atoms with Crippen LogP contribution in [0.4, 0.5) is 0 Å². The summed E-state index contributed by atoms with van der Waals surface area (Å²) >= 11 is 0. The van der Waals surface area contributed by atoms with Gasteiger partial charge in [0.2, 0.25) is 5.91 Å². The van der Waals surface area contributed by atoms with Crippen molar-refractivity contribution in [3.8, 4) is 0 Å². The molecule has 3 atom stereocenters. The summed E-state index contributed by atoms with van der Waals surface area (Å²) in [5.74, 6) is 1.65. The first-order valence-electron chi connectivity index (χ1n) is 8.24. The maximum absolute atomic E-state index is 12.3. The Kier molecular flexibility index (Phi) is 5.68. The number of carbonyl (C=O) groups excluding carboxylic acids is 1. The first kappa shape index (κ1) is 14.8. The average molecular weight is 266 g/mol. The molecule has 1 aliphatic carbocycles. The van der Waals surface area contributed by atoms with Gasteiger partial charge >= 0.3 is 0 Å². The first-order chi connectivity index (χ1) is 9.20. The highest BCUT2D eigenvalue weighted by atomic mass is 16.2. The molecule has 2 aliphatic rings. The maximum Gasteiger partial charge on any atom is 0.237 e. The summed E-state index contributed by atoms with van der Waals surface area (Å²) in [6.45, 7) is 5.41. The van der Waals surface area contributed by atoms with Gasteiger partial charge in [-0.15, -0.1) is 0 Å². The number of carbonyl (C=O) groups is 1. The molecule has 3 heteroatoms. The van der Waals surface area contributed by atoms with Crippen LogP contribution in [0.3, 0.4) is 0 Å². The molecule has 2 fully saturated rings. The zero-order valence-electron chi connectivity index (χ0n) is 12.6. The second kappa shape index (κ2) is 7.28. The highest BCUT2D eigenvalue weighted by Gasteiger charge is 2.28. The molecule has 1 heterocycles. The summed E-state index contributed by atoms with van der Waals surface area (Å²) in [5, 5.41) is 6.64. The molecule has 1 aliphatic heterocycles. The van der Waals surface area contributed by atoms with Crippen molar-refractivity contribution in [2.45, 2.75) is 77.3 Å². The molecule has 0 radical (unpaired) electrons. The Morgan fingerprint density at radius 2 is 2.00 bits per heavy atom. The highest BCUT2D eigenvalue weighted by Crippen LogP contribution is 2.26. The lowest BCUT2D eigenvalue weighted by Gasteiger charge is -2.32. The van der Waals surface area contributed by atoms with Crippen LogP contribution < -0.4 is 10.6 Å². The van der Waals surface area contributed by atoms with Gasteiger partial charge in [-0.3, -0.25) is 4.79 Å². The predicted molar refractivity (Wildman–Crippen MR) is 79.0 cm³/mol. The number of rotatable bonds is 4. The molecule has 1 saturated heterocycles. The molecule has 19 heavy (non-hydrogen) atoms. The minimum Gasteiger partial charge on any atom is -0.352 e. The molecule has 0 bridgehead atoms. The molecule has 3 unspecified atom stereocenters.